The Kier molecular flexibility index (Phi) is 2.88. The molecule has 0 aliphatic heterocycles. The lowest BCUT2D eigenvalue weighted by molar-refractivity contribution is 0.463. The zero-order valence-electron chi connectivity index (χ0n) is 12.0. The average molecular weight is 279 g/mol. The fraction of sp³-hybridized carbons (Fsp3) is 0.294. The number of H-pyrrole nitrogens is 1. The summed E-state index contributed by atoms with van der Waals surface area (Å²) >= 11 is 0. The van der Waals surface area contributed by atoms with Crippen LogP contribution in [0.4, 0.5) is 0 Å². The van der Waals surface area contributed by atoms with Gasteiger partial charge in [-0.25, -0.2) is 9.97 Å². The summed E-state index contributed by atoms with van der Waals surface area (Å²) < 4.78 is 5.99. The molecule has 0 bridgehead atoms. The second-order valence-corrected chi connectivity index (χ2v) is 5.51. The number of nitrogens with zero attached hydrogens (tertiary/aromatic N) is 2. The van der Waals surface area contributed by atoms with Crippen molar-refractivity contribution in [2.45, 2.75) is 32.6 Å². The molecule has 1 aliphatic carbocycles. The highest BCUT2D eigenvalue weighted by Crippen LogP contribution is 2.33. The van der Waals surface area contributed by atoms with Crippen molar-refractivity contribution in [3.8, 4) is 11.6 Å². The van der Waals surface area contributed by atoms with Gasteiger partial charge in [0.1, 0.15) is 17.1 Å². The lowest BCUT2D eigenvalue weighted by Gasteiger charge is -2.16. The Labute approximate surface area is 123 Å². The molecule has 1 aliphatic rings. The van der Waals surface area contributed by atoms with Gasteiger partial charge in [0.15, 0.2) is 0 Å². The molecule has 0 fully saturated rings. The van der Waals surface area contributed by atoms with E-state index in [2.05, 4.69) is 9.97 Å². The first-order valence-electron chi connectivity index (χ1n) is 7.42. The maximum absolute atomic E-state index is 5.99. The monoisotopic (exact) mass is 279 g/mol. The topological polar surface area (TPSA) is 50.8 Å². The van der Waals surface area contributed by atoms with Crippen LogP contribution in [0, 0.1) is 6.92 Å². The van der Waals surface area contributed by atoms with Crippen molar-refractivity contribution in [1.29, 1.82) is 0 Å². The lowest BCUT2D eigenvalue weighted by atomic mass is 9.95. The molecule has 2 heterocycles. The van der Waals surface area contributed by atoms with Crippen LogP contribution in [0.25, 0.3) is 11.0 Å². The summed E-state index contributed by atoms with van der Waals surface area (Å²) in [6.07, 6.45) is 4.49. The van der Waals surface area contributed by atoms with E-state index in [1.807, 2.05) is 37.3 Å². The summed E-state index contributed by atoms with van der Waals surface area (Å²) in [7, 11) is 0. The maximum Gasteiger partial charge on any atom is 0.245 e. The molecule has 3 aromatic rings. The van der Waals surface area contributed by atoms with Gasteiger partial charge in [0.05, 0.1) is 5.52 Å². The summed E-state index contributed by atoms with van der Waals surface area (Å²) in [5, 5.41) is 0. The number of ether oxygens (including phenoxy) is 1. The van der Waals surface area contributed by atoms with Crippen molar-refractivity contribution in [3.05, 3.63) is 47.4 Å². The molecule has 4 nitrogen and oxygen atoms in total. The molecule has 0 unspecified atom stereocenters. The number of hydrogen-bond donors (Lipinski definition) is 1. The summed E-state index contributed by atoms with van der Waals surface area (Å²) in [5.41, 5.74) is 4.38. The van der Waals surface area contributed by atoms with Gasteiger partial charge in [-0.2, -0.15) is 0 Å². The molecule has 0 saturated carbocycles. The number of aromatic amines is 1. The van der Waals surface area contributed by atoms with E-state index in [4.69, 9.17) is 9.72 Å². The van der Waals surface area contributed by atoms with Crippen LogP contribution in [0.3, 0.4) is 0 Å². The van der Waals surface area contributed by atoms with Crippen LogP contribution in [0.2, 0.25) is 0 Å². The van der Waals surface area contributed by atoms with Crippen molar-refractivity contribution in [2.24, 2.45) is 0 Å². The van der Waals surface area contributed by atoms with E-state index in [0.717, 1.165) is 41.1 Å². The zero-order chi connectivity index (χ0) is 14.2. The first kappa shape index (κ1) is 12.4. The number of pyridine rings is 1. The van der Waals surface area contributed by atoms with E-state index in [9.17, 15) is 0 Å². The highest BCUT2D eigenvalue weighted by molar-refractivity contribution is 5.84. The molecule has 0 radical (unpaired) electrons. The largest absolute Gasteiger partial charge is 0.437 e. The van der Waals surface area contributed by atoms with E-state index in [0.29, 0.717) is 5.88 Å². The Morgan fingerprint density at radius 1 is 1.05 bits per heavy atom. The molecule has 0 atom stereocenters. The van der Waals surface area contributed by atoms with Gasteiger partial charge in [0, 0.05) is 11.3 Å². The van der Waals surface area contributed by atoms with Gasteiger partial charge in [-0.1, -0.05) is 18.2 Å². The molecule has 4 heteroatoms. The maximum atomic E-state index is 5.99. The van der Waals surface area contributed by atoms with Gasteiger partial charge in [0.2, 0.25) is 5.88 Å². The highest BCUT2D eigenvalue weighted by Gasteiger charge is 2.20. The number of aromatic nitrogens is 3. The van der Waals surface area contributed by atoms with Crippen molar-refractivity contribution < 1.29 is 4.74 Å². The Bertz CT molecular complexity index is 793. The summed E-state index contributed by atoms with van der Waals surface area (Å²) in [4.78, 5) is 12.7. The fourth-order valence-corrected chi connectivity index (χ4v) is 2.99. The van der Waals surface area contributed by atoms with Gasteiger partial charge >= 0.3 is 0 Å². The Hall–Kier alpha value is -2.36. The molecule has 0 saturated heterocycles. The van der Waals surface area contributed by atoms with E-state index in [1.54, 1.807) is 0 Å². The highest BCUT2D eigenvalue weighted by atomic mass is 16.5. The quantitative estimate of drug-likeness (QED) is 0.773. The van der Waals surface area contributed by atoms with Crippen LogP contribution in [-0.4, -0.2) is 15.0 Å². The van der Waals surface area contributed by atoms with Crippen molar-refractivity contribution in [3.63, 3.8) is 0 Å². The summed E-state index contributed by atoms with van der Waals surface area (Å²) in [6, 6.07) is 9.78. The van der Waals surface area contributed by atoms with E-state index in [-0.39, 0.29) is 0 Å². The molecule has 1 aromatic carbocycles. The third-order valence-corrected chi connectivity index (χ3v) is 3.95. The number of benzene rings is 1. The van der Waals surface area contributed by atoms with Gasteiger partial charge in [-0.3, -0.25) is 0 Å². The molecule has 4 rings (SSSR count). The molecular weight excluding hydrogens is 262 g/mol. The molecule has 106 valence electrons. The number of para-hydroxylation sites is 1. The zero-order valence-corrected chi connectivity index (χ0v) is 12.0. The smallest absolute Gasteiger partial charge is 0.245 e. The first-order chi connectivity index (χ1) is 10.3. The molecule has 0 spiro atoms. The van der Waals surface area contributed by atoms with Crippen LogP contribution in [-0.2, 0) is 12.8 Å². The minimum absolute atomic E-state index is 0.637. The molecule has 2 aromatic heterocycles. The van der Waals surface area contributed by atoms with Crippen LogP contribution >= 0.6 is 0 Å². The Morgan fingerprint density at radius 2 is 1.86 bits per heavy atom. The lowest BCUT2D eigenvalue weighted by Crippen LogP contribution is -2.07. The van der Waals surface area contributed by atoms with Gasteiger partial charge in [-0.15, -0.1) is 0 Å². The van der Waals surface area contributed by atoms with Crippen LogP contribution in [0.5, 0.6) is 11.6 Å². The summed E-state index contributed by atoms with van der Waals surface area (Å²) in [6.45, 7) is 1.97. The number of aryl methyl sites for hydroxylation is 3. The first-order valence-corrected chi connectivity index (χ1v) is 7.42. The Balaban J connectivity index is 1.88. The molecule has 21 heavy (non-hydrogen) atoms. The van der Waals surface area contributed by atoms with E-state index < -0.39 is 0 Å². The fourth-order valence-electron chi connectivity index (χ4n) is 2.99. The number of hydrogen-bond acceptors (Lipinski definition) is 3. The van der Waals surface area contributed by atoms with Gasteiger partial charge in [-0.05, 0) is 44.7 Å². The van der Waals surface area contributed by atoms with Crippen LogP contribution < -0.4 is 4.74 Å². The third-order valence-electron chi connectivity index (χ3n) is 3.95. The number of nitrogens with one attached hydrogen (secondary N) is 1. The normalized spacial score (nSPS) is 14.1. The minimum atomic E-state index is 0.637. The second-order valence-electron chi connectivity index (χ2n) is 5.51. The standard InChI is InChI=1S/C17H17N3O/c1-11-18-15-13-9-5-6-10-14(13)20-17(16(15)19-11)21-12-7-3-2-4-8-12/h2-4,7-8H,5-6,9-10H2,1H3,(H,18,19). The van der Waals surface area contributed by atoms with Crippen LogP contribution in [0.15, 0.2) is 30.3 Å². The van der Waals surface area contributed by atoms with Crippen molar-refractivity contribution in [2.75, 3.05) is 0 Å². The number of imidazole rings is 1. The second kappa shape index (κ2) is 4.88. The van der Waals surface area contributed by atoms with Gasteiger partial charge in [0.25, 0.3) is 0 Å². The van der Waals surface area contributed by atoms with E-state index in [1.165, 1.54) is 18.4 Å². The SMILES string of the molecule is Cc1nc2c3c(nc(Oc4ccccc4)c2[nH]1)CCCC3. The van der Waals surface area contributed by atoms with Crippen molar-refractivity contribution in [1.82, 2.24) is 15.0 Å². The number of fused-ring (bicyclic) bond motifs is 3. The minimum Gasteiger partial charge on any atom is -0.437 e. The molecule has 1 N–H and O–H groups in total. The van der Waals surface area contributed by atoms with Crippen molar-refractivity contribution >= 4 is 11.0 Å². The summed E-state index contributed by atoms with van der Waals surface area (Å²) in [5.74, 6) is 2.34. The third kappa shape index (κ3) is 2.17. The molecular formula is C17H17N3O. The van der Waals surface area contributed by atoms with E-state index >= 15 is 0 Å². The Morgan fingerprint density at radius 3 is 2.71 bits per heavy atom. The molecule has 0 amide bonds. The van der Waals surface area contributed by atoms with Gasteiger partial charge < -0.3 is 9.72 Å². The average Bonchev–Trinajstić information content (AvgIpc) is 2.91. The predicted octanol–water partition coefficient (Wildman–Crippen LogP) is 3.94. The predicted molar refractivity (Wildman–Crippen MR) is 81.8 cm³/mol. The van der Waals surface area contributed by atoms with Crippen LogP contribution in [0.1, 0.15) is 29.9 Å². The number of rotatable bonds is 2.